The number of rotatable bonds is 4. The molecule has 112 valence electrons. The van der Waals surface area contributed by atoms with Crippen LogP contribution in [0.15, 0.2) is 42.5 Å². The lowest BCUT2D eigenvalue weighted by molar-refractivity contribution is -0.393. The lowest BCUT2D eigenvalue weighted by Gasteiger charge is -2.06. The minimum atomic E-state index is -0.805. The van der Waals surface area contributed by atoms with E-state index in [1.165, 1.54) is 12.1 Å². The quantitative estimate of drug-likeness (QED) is 0.684. The molecule has 9 heteroatoms. The van der Waals surface area contributed by atoms with Crippen molar-refractivity contribution >= 4 is 34.6 Å². The molecular weight excluding hydrogens is 314 g/mol. The Morgan fingerprint density at radius 3 is 2.36 bits per heavy atom. The number of carbonyl (C=O) groups is 1. The van der Waals surface area contributed by atoms with E-state index in [0.29, 0.717) is 5.02 Å². The van der Waals surface area contributed by atoms with Crippen LogP contribution >= 0.6 is 11.6 Å². The average molecular weight is 322 g/mol. The number of non-ortho nitro benzene ring substituents is 1. The smallest absolute Gasteiger partial charge is 0.299 e. The van der Waals surface area contributed by atoms with Gasteiger partial charge in [0.05, 0.1) is 15.9 Å². The van der Waals surface area contributed by atoms with Crippen LogP contribution in [0.4, 0.5) is 17.1 Å². The number of anilines is 1. The van der Waals surface area contributed by atoms with Crippen LogP contribution in [0.5, 0.6) is 0 Å². The zero-order valence-electron chi connectivity index (χ0n) is 10.9. The summed E-state index contributed by atoms with van der Waals surface area (Å²) in [6, 6.07) is 8.98. The van der Waals surface area contributed by atoms with Crippen LogP contribution in [-0.2, 0) is 0 Å². The lowest BCUT2D eigenvalue weighted by Crippen LogP contribution is -2.13. The third-order valence-corrected chi connectivity index (χ3v) is 2.96. The van der Waals surface area contributed by atoms with Crippen molar-refractivity contribution in [2.24, 2.45) is 0 Å². The van der Waals surface area contributed by atoms with Crippen LogP contribution in [0, 0.1) is 20.2 Å². The summed E-state index contributed by atoms with van der Waals surface area (Å²) in [6.07, 6.45) is 0. The minimum absolute atomic E-state index is 0.138. The Labute approximate surface area is 128 Å². The van der Waals surface area contributed by atoms with Gasteiger partial charge in [0.1, 0.15) is 5.69 Å². The molecule has 0 bridgehead atoms. The molecule has 8 nitrogen and oxygen atoms in total. The Bertz CT molecular complexity index is 778. The van der Waals surface area contributed by atoms with Gasteiger partial charge in [0.2, 0.25) is 0 Å². The number of hydrogen-bond donors (Lipinski definition) is 1. The maximum atomic E-state index is 12.0. The molecule has 1 N–H and O–H groups in total. The van der Waals surface area contributed by atoms with Gasteiger partial charge in [-0.2, -0.15) is 0 Å². The average Bonchev–Trinajstić information content (AvgIpc) is 2.47. The number of amides is 1. The number of benzene rings is 2. The molecule has 2 aromatic carbocycles. The summed E-state index contributed by atoms with van der Waals surface area (Å²) in [5, 5.41) is 24.3. The van der Waals surface area contributed by atoms with Crippen LogP contribution in [0.25, 0.3) is 0 Å². The summed E-state index contributed by atoms with van der Waals surface area (Å²) in [4.78, 5) is 32.1. The van der Waals surface area contributed by atoms with Gasteiger partial charge in [0.15, 0.2) is 0 Å². The molecule has 2 rings (SSSR count). The topological polar surface area (TPSA) is 115 Å². The highest BCUT2D eigenvalue weighted by Crippen LogP contribution is 2.29. The predicted octanol–water partition coefficient (Wildman–Crippen LogP) is 3.41. The first-order valence-electron chi connectivity index (χ1n) is 5.88. The van der Waals surface area contributed by atoms with E-state index in [4.69, 9.17) is 11.6 Å². The van der Waals surface area contributed by atoms with Gasteiger partial charge in [-0.25, -0.2) is 0 Å². The third kappa shape index (κ3) is 3.36. The number of nitro groups is 2. The fourth-order valence-electron chi connectivity index (χ4n) is 1.71. The summed E-state index contributed by atoms with van der Waals surface area (Å²) in [5.41, 5.74) is -0.933. The second-order valence-corrected chi connectivity index (χ2v) is 4.62. The van der Waals surface area contributed by atoms with Gasteiger partial charge in [-0.3, -0.25) is 25.0 Å². The maximum absolute atomic E-state index is 12.0. The number of nitrogens with zero attached hydrogens (tertiary/aromatic N) is 2. The van der Waals surface area contributed by atoms with Crippen LogP contribution in [-0.4, -0.2) is 15.8 Å². The van der Waals surface area contributed by atoms with Crippen molar-refractivity contribution in [1.29, 1.82) is 0 Å². The summed E-state index contributed by atoms with van der Waals surface area (Å²) >= 11 is 5.77. The van der Waals surface area contributed by atoms with E-state index in [0.717, 1.165) is 18.2 Å². The number of hydrogen-bond acceptors (Lipinski definition) is 5. The predicted molar refractivity (Wildman–Crippen MR) is 79.2 cm³/mol. The van der Waals surface area contributed by atoms with E-state index in [1.54, 1.807) is 12.1 Å². The van der Waals surface area contributed by atoms with E-state index < -0.39 is 27.1 Å². The van der Waals surface area contributed by atoms with Gasteiger partial charge in [0, 0.05) is 16.7 Å². The van der Waals surface area contributed by atoms with Crippen molar-refractivity contribution in [3.63, 3.8) is 0 Å². The molecule has 0 saturated carbocycles. The molecule has 0 spiro atoms. The second-order valence-electron chi connectivity index (χ2n) is 4.18. The Morgan fingerprint density at radius 1 is 1.05 bits per heavy atom. The molecule has 0 unspecified atom stereocenters. The Morgan fingerprint density at radius 2 is 1.77 bits per heavy atom. The molecule has 0 saturated heterocycles. The number of halogens is 1. The Kier molecular flexibility index (Phi) is 4.33. The minimum Gasteiger partial charge on any atom is -0.316 e. The molecule has 0 atom stereocenters. The molecule has 0 fully saturated rings. The van der Waals surface area contributed by atoms with Gasteiger partial charge in [0.25, 0.3) is 17.3 Å². The van der Waals surface area contributed by atoms with Crippen LogP contribution in [0.1, 0.15) is 10.4 Å². The highest BCUT2D eigenvalue weighted by Gasteiger charge is 2.21. The second kappa shape index (κ2) is 6.19. The highest BCUT2D eigenvalue weighted by atomic mass is 35.5. The summed E-state index contributed by atoms with van der Waals surface area (Å²) < 4.78 is 0. The van der Waals surface area contributed by atoms with Gasteiger partial charge < -0.3 is 5.32 Å². The first kappa shape index (κ1) is 15.4. The van der Waals surface area contributed by atoms with Crippen molar-refractivity contribution in [2.45, 2.75) is 0 Å². The maximum Gasteiger partial charge on any atom is 0.299 e. The van der Waals surface area contributed by atoms with E-state index in [2.05, 4.69) is 5.32 Å². The lowest BCUT2D eigenvalue weighted by atomic mass is 10.2. The van der Waals surface area contributed by atoms with Crippen molar-refractivity contribution in [3.05, 3.63) is 73.3 Å². The molecule has 0 aliphatic heterocycles. The molecule has 0 aliphatic carbocycles. The monoisotopic (exact) mass is 321 g/mol. The zero-order chi connectivity index (χ0) is 16.3. The normalized spacial score (nSPS) is 10.0. The summed E-state index contributed by atoms with van der Waals surface area (Å²) in [6.45, 7) is 0. The fourth-order valence-corrected chi connectivity index (χ4v) is 1.90. The van der Waals surface area contributed by atoms with Crippen molar-refractivity contribution in [2.75, 3.05) is 5.32 Å². The van der Waals surface area contributed by atoms with Crippen molar-refractivity contribution in [3.8, 4) is 0 Å². The first-order chi connectivity index (χ1) is 10.4. The van der Waals surface area contributed by atoms with E-state index >= 15 is 0 Å². The molecule has 1 amide bonds. The highest BCUT2D eigenvalue weighted by molar-refractivity contribution is 6.31. The standard InChI is InChI=1S/C13H8ClN3O5/c14-9-3-1-2-8(6-9)13(18)15-11-5-4-10(16(19)20)7-12(11)17(21)22/h1-7H,(H,15,18). The largest absolute Gasteiger partial charge is 0.316 e. The number of carbonyl (C=O) groups excluding carboxylic acids is 1. The van der Waals surface area contributed by atoms with Crippen LogP contribution in [0.2, 0.25) is 5.02 Å². The zero-order valence-corrected chi connectivity index (χ0v) is 11.6. The Balaban J connectivity index is 2.34. The molecular formula is C13H8ClN3O5. The van der Waals surface area contributed by atoms with Crippen LogP contribution in [0.3, 0.4) is 0 Å². The fraction of sp³-hybridized carbons (Fsp3) is 0. The van der Waals surface area contributed by atoms with E-state index in [1.807, 2.05) is 0 Å². The SMILES string of the molecule is O=C(Nc1ccc([N+](=O)[O-])cc1[N+](=O)[O-])c1cccc(Cl)c1. The molecule has 2 aromatic rings. The molecule has 0 heterocycles. The first-order valence-corrected chi connectivity index (χ1v) is 6.26. The van der Waals surface area contributed by atoms with Gasteiger partial charge in [-0.15, -0.1) is 0 Å². The van der Waals surface area contributed by atoms with Gasteiger partial charge in [-0.1, -0.05) is 17.7 Å². The molecule has 0 aliphatic rings. The Hall–Kier alpha value is -3.00. The van der Waals surface area contributed by atoms with E-state index in [-0.39, 0.29) is 11.3 Å². The van der Waals surface area contributed by atoms with Crippen molar-refractivity contribution in [1.82, 2.24) is 0 Å². The summed E-state index contributed by atoms with van der Waals surface area (Å²) in [5.74, 6) is -0.612. The molecule has 0 radical (unpaired) electrons. The van der Waals surface area contributed by atoms with Crippen LogP contribution < -0.4 is 5.32 Å². The summed E-state index contributed by atoms with van der Waals surface area (Å²) in [7, 11) is 0. The van der Waals surface area contributed by atoms with Gasteiger partial charge >= 0.3 is 0 Å². The van der Waals surface area contributed by atoms with Gasteiger partial charge in [-0.05, 0) is 24.3 Å². The molecule has 22 heavy (non-hydrogen) atoms. The number of nitrogens with one attached hydrogen (secondary N) is 1. The van der Waals surface area contributed by atoms with E-state index in [9.17, 15) is 25.0 Å². The van der Waals surface area contributed by atoms with Crippen molar-refractivity contribution < 1.29 is 14.6 Å². The molecule has 0 aromatic heterocycles. The third-order valence-electron chi connectivity index (χ3n) is 2.72. The number of nitro benzene ring substituents is 2.